The molecule has 2 rings (SSSR count). The maximum Gasteiger partial charge on any atom is 0.0566 e. The molecule has 0 bridgehead atoms. The van der Waals surface area contributed by atoms with E-state index in [1.807, 2.05) is 0 Å². The fraction of sp³-hybridized carbons (Fsp3) is 1.00. The molecule has 2 aliphatic rings. The zero-order valence-electron chi connectivity index (χ0n) is 12.9. The van der Waals surface area contributed by atoms with Gasteiger partial charge >= 0.3 is 0 Å². The molecule has 3 N–H and O–H groups in total. The van der Waals surface area contributed by atoms with E-state index in [0.717, 1.165) is 31.8 Å². The van der Waals surface area contributed by atoms with Gasteiger partial charge in [-0.1, -0.05) is 20.3 Å². The summed E-state index contributed by atoms with van der Waals surface area (Å²) in [7, 11) is 0. The molecule has 1 aliphatic carbocycles. The topological polar surface area (TPSA) is 49.5 Å². The van der Waals surface area contributed by atoms with Crippen LogP contribution in [-0.4, -0.2) is 41.3 Å². The number of piperidine rings is 1. The summed E-state index contributed by atoms with van der Waals surface area (Å²) in [4.78, 5) is 2.59. The van der Waals surface area contributed by atoms with Crippen molar-refractivity contribution in [3.8, 4) is 0 Å². The molecule has 0 aromatic rings. The monoisotopic (exact) mass is 268 g/mol. The molecule has 3 heteroatoms. The van der Waals surface area contributed by atoms with Crippen molar-refractivity contribution in [3.63, 3.8) is 0 Å². The first-order valence-electron chi connectivity index (χ1n) is 8.15. The molecule has 0 amide bonds. The summed E-state index contributed by atoms with van der Waals surface area (Å²) in [5.74, 6) is 1.82. The van der Waals surface area contributed by atoms with Crippen LogP contribution in [-0.2, 0) is 0 Å². The molecule has 2 fully saturated rings. The Morgan fingerprint density at radius 3 is 2.42 bits per heavy atom. The predicted molar refractivity (Wildman–Crippen MR) is 79.9 cm³/mol. The number of nitrogens with two attached hydrogens (primary N) is 1. The average molecular weight is 268 g/mol. The molecule has 1 saturated carbocycles. The van der Waals surface area contributed by atoms with Gasteiger partial charge in [-0.15, -0.1) is 0 Å². The molecule has 1 aliphatic heterocycles. The fourth-order valence-corrected chi connectivity index (χ4v) is 3.62. The summed E-state index contributed by atoms with van der Waals surface area (Å²) in [6.07, 6.45) is 6.02. The van der Waals surface area contributed by atoms with Crippen molar-refractivity contribution < 1.29 is 5.11 Å². The van der Waals surface area contributed by atoms with Crippen LogP contribution in [0.3, 0.4) is 0 Å². The van der Waals surface area contributed by atoms with Gasteiger partial charge < -0.3 is 10.8 Å². The summed E-state index contributed by atoms with van der Waals surface area (Å²) < 4.78 is 0. The first kappa shape index (κ1) is 15.3. The number of rotatable bonds is 5. The quantitative estimate of drug-likeness (QED) is 0.804. The zero-order chi connectivity index (χ0) is 14.0. The third-order valence-corrected chi connectivity index (χ3v) is 5.35. The Morgan fingerprint density at radius 1 is 1.21 bits per heavy atom. The Labute approximate surface area is 118 Å². The van der Waals surface area contributed by atoms with Crippen LogP contribution in [0.2, 0.25) is 0 Å². The van der Waals surface area contributed by atoms with Crippen LogP contribution >= 0.6 is 0 Å². The van der Waals surface area contributed by atoms with E-state index in [2.05, 4.69) is 25.7 Å². The summed E-state index contributed by atoms with van der Waals surface area (Å²) in [6, 6.07) is 0.972. The highest BCUT2D eigenvalue weighted by molar-refractivity contribution is 4.89. The van der Waals surface area contributed by atoms with Crippen molar-refractivity contribution in [2.45, 2.75) is 71.1 Å². The van der Waals surface area contributed by atoms with Crippen LogP contribution in [0.1, 0.15) is 52.9 Å². The van der Waals surface area contributed by atoms with Crippen molar-refractivity contribution in [1.29, 1.82) is 0 Å². The second-order valence-corrected chi connectivity index (χ2v) is 7.29. The van der Waals surface area contributed by atoms with Crippen molar-refractivity contribution in [2.24, 2.45) is 23.5 Å². The SMILES string of the molecule is CC(C)C(O)CC1CC(N)CN(C(C)C2CCC2)C1. The highest BCUT2D eigenvalue weighted by Gasteiger charge is 2.34. The van der Waals surface area contributed by atoms with E-state index in [1.54, 1.807) is 0 Å². The molecule has 4 atom stereocenters. The minimum atomic E-state index is -0.170. The van der Waals surface area contributed by atoms with Gasteiger partial charge in [-0.3, -0.25) is 4.90 Å². The third-order valence-electron chi connectivity index (χ3n) is 5.35. The first-order chi connectivity index (χ1) is 8.97. The number of hydrogen-bond donors (Lipinski definition) is 2. The Morgan fingerprint density at radius 2 is 1.89 bits per heavy atom. The normalized spacial score (nSPS) is 33.2. The first-order valence-corrected chi connectivity index (χ1v) is 8.15. The third kappa shape index (κ3) is 3.93. The number of aliphatic hydroxyl groups is 1. The summed E-state index contributed by atoms with van der Waals surface area (Å²) in [5, 5.41) is 10.1. The molecule has 3 nitrogen and oxygen atoms in total. The van der Waals surface area contributed by atoms with E-state index in [-0.39, 0.29) is 6.10 Å². The molecule has 0 aromatic heterocycles. The summed E-state index contributed by atoms with van der Waals surface area (Å²) >= 11 is 0. The molecule has 0 radical (unpaired) electrons. The van der Waals surface area contributed by atoms with Crippen molar-refractivity contribution in [1.82, 2.24) is 4.90 Å². The smallest absolute Gasteiger partial charge is 0.0566 e. The van der Waals surface area contributed by atoms with E-state index >= 15 is 0 Å². The van der Waals surface area contributed by atoms with Gasteiger partial charge in [-0.05, 0) is 50.4 Å². The van der Waals surface area contributed by atoms with Gasteiger partial charge in [-0.2, -0.15) is 0 Å². The lowest BCUT2D eigenvalue weighted by Gasteiger charge is -2.45. The van der Waals surface area contributed by atoms with Gasteiger partial charge in [0.2, 0.25) is 0 Å². The molecule has 1 heterocycles. The lowest BCUT2D eigenvalue weighted by molar-refractivity contribution is 0.0305. The Hall–Kier alpha value is -0.120. The van der Waals surface area contributed by atoms with E-state index in [0.29, 0.717) is 23.9 Å². The predicted octanol–water partition coefficient (Wildman–Crippen LogP) is 2.23. The van der Waals surface area contributed by atoms with Gasteiger partial charge in [0.15, 0.2) is 0 Å². The molecular weight excluding hydrogens is 236 g/mol. The molecule has 4 unspecified atom stereocenters. The standard InChI is InChI=1S/C16H32N2O/c1-11(2)16(19)8-13-7-15(17)10-18(9-13)12(3)14-5-4-6-14/h11-16,19H,4-10,17H2,1-3H3. The zero-order valence-corrected chi connectivity index (χ0v) is 12.9. The Bertz CT molecular complexity index is 278. The number of aliphatic hydroxyl groups excluding tert-OH is 1. The van der Waals surface area contributed by atoms with Gasteiger partial charge in [-0.25, -0.2) is 0 Å². The largest absolute Gasteiger partial charge is 0.393 e. The Balaban J connectivity index is 1.87. The van der Waals surface area contributed by atoms with Crippen molar-refractivity contribution in [3.05, 3.63) is 0 Å². The molecule has 0 spiro atoms. The van der Waals surface area contributed by atoms with Crippen LogP contribution in [0.4, 0.5) is 0 Å². The minimum absolute atomic E-state index is 0.170. The van der Waals surface area contributed by atoms with Crippen molar-refractivity contribution in [2.75, 3.05) is 13.1 Å². The van der Waals surface area contributed by atoms with Crippen LogP contribution in [0.5, 0.6) is 0 Å². The van der Waals surface area contributed by atoms with Crippen LogP contribution in [0.25, 0.3) is 0 Å². The highest BCUT2D eigenvalue weighted by Crippen LogP contribution is 2.34. The van der Waals surface area contributed by atoms with Gasteiger partial charge in [0.25, 0.3) is 0 Å². The lowest BCUT2D eigenvalue weighted by Crippen LogP contribution is -2.53. The van der Waals surface area contributed by atoms with Gasteiger partial charge in [0.05, 0.1) is 6.10 Å². The minimum Gasteiger partial charge on any atom is -0.393 e. The van der Waals surface area contributed by atoms with Crippen molar-refractivity contribution >= 4 is 0 Å². The summed E-state index contributed by atoms with van der Waals surface area (Å²) in [6.45, 7) is 8.75. The molecular formula is C16H32N2O. The van der Waals surface area contributed by atoms with E-state index in [4.69, 9.17) is 5.73 Å². The number of likely N-dealkylation sites (tertiary alicyclic amines) is 1. The summed E-state index contributed by atoms with van der Waals surface area (Å²) in [5.41, 5.74) is 6.24. The van der Waals surface area contributed by atoms with E-state index < -0.39 is 0 Å². The fourth-order valence-electron chi connectivity index (χ4n) is 3.62. The van der Waals surface area contributed by atoms with Gasteiger partial charge in [0, 0.05) is 25.2 Å². The molecule has 112 valence electrons. The second kappa shape index (κ2) is 6.55. The maximum absolute atomic E-state index is 10.1. The lowest BCUT2D eigenvalue weighted by atomic mass is 9.78. The van der Waals surface area contributed by atoms with Gasteiger partial charge in [0.1, 0.15) is 0 Å². The van der Waals surface area contributed by atoms with Crippen LogP contribution in [0.15, 0.2) is 0 Å². The van der Waals surface area contributed by atoms with E-state index in [1.165, 1.54) is 19.3 Å². The van der Waals surface area contributed by atoms with E-state index in [9.17, 15) is 5.11 Å². The van der Waals surface area contributed by atoms with Crippen LogP contribution < -0.4 is 5.73 Å². The van der Waals surface area contributed by atoms with Crippen LogP contribution in [0, 0.1) is 17.8 Å². The molecule has 19 heavy (non-hydrogen) atoms. The highest BCUT2D eigenvalue weighted by atomic mass is 16.3. The average Bonchev–Trinajstić information content (AvgIpc) is 2.25. The second-order valence-electron chi connectivity index (χ2n) is 7.29. The Kier molecular flexibility index (Phi) is 5.27. The number of nitrogens with zero attached hydrogens (tertiary/aromatic N) is 1. The number of hydrogen-bond acceptors (Lipinski definition) is 3. The molecule has 0 aromatic carbocycles. The maximum atomic E-state index is 10.1. The molecule has 1 saturated heterocycles.